The van der Waals surface area contributed by atoms with Gasteiger partial charge in [0.1, 0.15) is 5.75 Å². The predicted molar refractivity (Wildman–Crippen MR) is 126 cm³/mol. The quantitative estimate of drug-likeness (QED) is 0.330. The molecular formula is C21H20BrClN4O2S. The van der Waals surface area contributed by atoms with Gasteiger partial charge in [0.15, 0.2) is 11.7 Å². The SMILES string of the molecule is Cl.O=C(COc1ccccc1)N(CCCn1ccnc1)c1nc2ccc(Br)cc2s1. The molecule has 30 heavy (non-hydrogen) atoms. The number of para-hydroxylation sites is 1. The molecule has 0 unspecified atom stereocenters. The first-order chi connectivity index (χ1) is 14.2. The third-order valence-corrected chi connectivity index (χ3v) is 5.87. The van der Waals surface area contributed by atoms with Crippen LogP contribution < -0.4 is 9.64 Å². The molecule has 1 amide bonds. The van der Waals surface area contributed by atoms with Gasteiger partial charge in [-0.3, -0.25) is 9.69 Å². The molecule has 0 spiro atoms. The summed E-state index contributed by atoms with van der Waals surface area (Å²) in [7, 11) is 0. The van der Waals surface area contributed by atoms with E-state index in [4.69, 9.17) is 4.74 Å². The lowest BCUT2D eigenvalue weighted by Gasteiger charge is -2.20. The van der Waals surface area contributed by atoms with E-state index in [1.807, 2.05) is 59.3 Å². The molecule has 2 aromatic heterocycles. The molecule has 0 aliphatic rings. The molecule has 0 radical (unpaired) electrons. The Morgan fingerprint density at radius 2 is 2.03 bits per heavy atom. The van der Waals surface area contributed by atoms with Crippen molar-refractivity contribution in [2.45, 2.75) is 13.0 Å². The molecule has 4 rings (SSSR count). The van der Waals surface area contributed by atoms with Crippen LogP contribution in [0.25, 0.3) is 10.2 Å². The Morgan fingerprint density at radius 3 is 2.80 bits per heavy atom. The number of aromatic nitrogens is 3. The van der Waals surface area contributed by atoms with Crippen LogP contribution in [0.15, 0.2) is 71.7 Å². The van der Waals surface area contributed by atoms with Gasteiger partial charge in [0.25, 0.3) is 5.91 Å². The molecule has 0 aliphatic heterocycles. The van der Waals surface area contributed by atoms with E-state index >= 15 is 0 Å². The van der Waals surface area contributed by atoms with Crippen LogP contribution in [0.1, 0.15) is 6.42 Å². The van der Waals surface area contributed by atoms with Crippen molar-refractivity contribution in [3.8, 4) is 5.75 Å². The standard InChI is InChI=1S/C21H19BrN4O2S.ClH/c22-16-7-8-18-19(13-16)29-21(24-18)26(11-4-10-25-12-9-23-15-25)20(27)14-28-17-5-2-1-3-6-17;/h1-3,5-9,12-13,15H,4,10-11,14H2;1H. The van der Waals surface area contributed by atoms with Crippen LogP contribution in [-0.4, -0.2) is 33.6 Å². The highest BCUT2D eigenvalue weighted by molar-refractivity contribution is 9.10. The van der Waals surface area contributed by atoms with Crippen LogP contribution in [-0.2, 0) is 11.3 Å². The van der Waals surface area contributed by atoms with Crippen LogP contribution in [0.3, 0.4) is 0 Å². The molecule has 6 nitrogen and oxygen atoms in total. The summed E-state index contributed by atoms with van der Waals surface area (Å²) in [5.41, 5.74) is 0.879. The summed E-state index contributed by atoms with van der Waals surface area (Å²) in [6.07, 6.45) is 6.23. The summed E-state index contributed by atoms with van der Waals surface area (Å²) in [5.74, 6) is 0.560. The first kappa shape index (κ1) is 22.3. The monoisotopic (exact) mass is 506 g/mol. The number of thiazole rings is 1. The fourth-order valence-corrected chi connectivity index (χ4v) is 4.46. The number of benzene rings is 2. The topological polar surface area (TPSA) is 60.2 Å². The lowest BCUT2D eigenvalue weighted by molar-refractivity contribution is -0.120. The first-order valence-corrected chi connectivity index (χ1v) is 10.8. The van der Waals surface area contributed by atoms with Crippen LogP contribution in [0.5, 0.6) is 5.75 Å². The Kier molecular flexibility index (Phi) is 7.84. The zero-order valence-corrected chi connectivity index (χ0v) is 19.2. The van der Waals surface area contributed by atoms with Crippen LogP contribution in [0.4, 0.5) is 5.13 Å². The summed E-state index contributed by atoms with van der Waals surface area (Å²) in [6.45, 7) is 1.30. The van der Waals surface area contributed by atoms with Gasteiger partial charge >= 0.3 is 0 Å². The van der Waals surface area contributed by atoms with Gasteiger partial charge in [0.2, 0.25) is 0 Å². The number of anilines is 1. The molecular weight excluding hydrogens is 488 g/mol. The molecule has 0 saturated heterocycles. The number of nitrogens with zero attached hydrogens (tertiary/aromatic N) is 4. The van der Waals surface area contributed by atoms with Gasteiger partial charge in [-0.15, -0.1) is 12.4 Å². The number of carbonyl (C=O) groups excluding carboxylic acids is 1. The minimum absolute atomic E-state index is 0. The van der Waals surface area contributed by atoms with E-state index in [0.717, 1.165) is 27.7 Å². The molecule has 0 bridgehead atoms. The number of carbonyl (C=O) groups is 1. The first-order valence-electron chi connectivity index (χ1n) is 9.19. The molecule has 4 aromatic rings. The van der Waals surface area contributed by atoms with Crippen molar-refractivity contribution >= 4 is 60.9 Å². The molecule has 2 aromatic carbocycles. The van der Waals surface area contributed by atoms with E-state index in [1.165, 1.54) is 11.3 Å². The van der Waals surface area contributed by atoms with Gasteiger partial charge < -0.3 is 9.30 Å². The van der Waals surface area contributed by atoms with Crippen molar-refractivity contribution < 1.29 is 9.53 Å². The normalized spacial score (nSPS) is 10.6. The largest absolute Gasteiger partial charge is 0.484 e. The number of fused-ring (bicyclic) bond motifs is 1. The second kappa shape index (κ2) is 10.6. The van der Waals surface area contributed by atoms with Crippen LogP contribution in [0.2, 0.25) is 0 Å². The smallest absolute Gasteiger partial charge is 0.266 e. The van der Waals surface area contributed by atoms with Crippen molar-refractivity contribution in [1.82, 2.24) is 14.5 Å². The minimum Gasteiger partial charge on any atom is -0.484 e. The maximum atomic E-state index is 13.0. The third kappa shape index (κ3) is 5.59. The number of halogens is 2. The Morgan fingerprint density at radius 1 is 1.20 bits per heavy atom. The summed E-state index contributed by atoms with van der Waals surface area (Å²) in [5, 5.41) is 0.686. The van der Waals surface area contributed by atoms with Crippen molar-refractivity contribution in [1.29, 1.82) is 0 Å². The molecule has 0 saturated carbocycles. The molecule has 156 valence electrons. The number of amides is 1. The Labute approximate surface area is 193 Å². The van der Waals surface area contributed by atoms with Gasteiger partial charge in [-0.05, 0) is 36.8 Å². The minimum atomic E-state index is -0.113. The average Bonchev–Trinajstić information content (AvgIpc) is 3.39. The highest BCUT2D eigenvalue weighted by Crippen LogP contribution is 2.31. The lowest BCUT2D eigenvalue weighted by Crippen LogP contribution is -2.36. The van der Waals surface area contributed by atoms with E-state index in [0.29, 0.717) is 17.4 Å². The molecule has 0 aliphatic carbocycles. The van der Waals surface area contributed by atoms with E-state index in [2.05, 4.69) is 25.9 Å². The number of imidazole rings is 1. The second-order valence-electron chi connectivity index (χ2n) is 6.41. The Hall–Kier alpha value is -2.42. The van der Waals surface area contributed by atoms with Crippen molar-refractivity contribution in [3.05, 3.63) is 71.7 Å². The van der Waals surface area contributed by atoms with Crippen LogP contribution in [0, 0.1) is 0 Å². The number of aryl methyl sites for hydroxylation is 1. The van der Waals surface area contributed by atoms with Gasteiger partial charge in [-0.2, -0.15) is 0 Å². The Balaban J connectivity index is 0.00000256. The molecule has 0 atom stereocenters. The van der Waals surface area contributed by atoms with Crippen LogP contribution >= 0.6 is 39.7 Å². The van der Waals surface area contributed by atoms with E-state index in [9.17, 15) is 4.79 Å². The summed E-state index contributed by atoms with van der Waals surface area (Å²) in [4.78, 5) is 23.4. The fraction of sp³-hybridized carbons (Fsp3) is 0.190. The molecule has 2 heterocycles. The summed E-state index contributed by atoms with van der Waals surface area (Å²) in [6, 6.07) is 15.3. The number of hydrogen-bond donors (Lipinski definition) is 0. The molecule has 9 heteroatoms. The van der Waals surface area contributed by atoms with Gasteiger partial charge in [-0.1, -0.05) is 45.5 Å². The van der Waals surface area contributed by atoms with E-state index in [-0.39, 0.29) is 24.9 Å². The van der Waals surface area contributed by atoms with Gasteiger partial charge in [0, 0.05) is 30.0 Å². The summed E-state index contributed by atoms with van der Waals surface area (Å²) >= 11 is 5.00. The van der Waals surface area contributed by atoms with Crippen molar-refractivity contribution in [2.75, 3.05) is 18.1 Å². The molecule has 0 fully saturated rings. The maximum Gasteiger partial charge on any atom is 0.266 e. The predicted octanol–water partition coefficient (Wildman–Crippen LogP) is 5.18. The second-order valence-corrected chi connectivity index (χ2v) is 8.33. The van der Waals surface area contributed by atoms with Crippen molar-refractivity contribution in [2.24, 2.45) is 0 Å². The highest BCUT2D eigenvalue weighted by Gasteiger charge is 2.20. The van der Waals surface area contributed by atoms with Gasteiger partial charge in [-0.25, -0.2) is 9.97 Å². The lowest BCUT2D eigenvalue weighted by atomic mass is 10.3. The number of ether oxygens (including phenoxy) is 1. The maximum absolute atomic E-state index is 13.0. The third-order valence-electron chi connectivity index (χ3n) is 4.33. The number of hydrogen-bond acceptors (Lipinski definition) is 5. The van der Waals surface area contributed by atoms with E-state index in [1.54, 1.807) is 17.4 Å². The fourth-order valence-electron chi connectivity index (χ4n) is 2.90. The zero-order valence-electron chi connectivity index (χ0n) is 16.0. The van der Waals surface area contributed by atoms with Crippen molar-refractivity contribution in [3.63, 3.8) is 0 Å². The molecule has 0 N–H and O–H groups in total. The summed E-state index contributed by atoms with van der Waals surface area (Å²) < 4.78 is 9.70. The van der Waals surface area contributed by atoms with Gasteiger partial charge in [0.05, 0.1) is 16.5 Å². The number of rotatable bonds is 8. The Bertz CT molecular complexity index is 1090. The average molecular weight is 508 g/mol. The highest BCUT2D eigenvalue weighted by atomic mass is 79.9. The van der Waals surface area contributed by atoms with E-state index < -0.39 is 0 Å². The zero-order chi connectivity index (χ0) is 20.1.